The van der Waals surface area contributed by atoms with Gasteiger partial charge in [0.2, 0.25) is 0 Å². The standard InChI is InChI=1S/C52H34N4.C44H34N4.C42H30N4/c1-4-16-35(17-5-1)36-30-32-37(33-31-36)50-40-22-14-28-46(55-48-26-12-10-24-44(48)53-51(55)38-18-6-2-7-19-38)42(40)34-43-41(50)23-15-29-47(43)56-49-27-13-11-25-45(49)54-52(56)39-20-8-3-9-21-39;1-27-45-40-22-20-32(24-42(40)47(27)3)34-12-8-14-36-38(34)26-39-35(33-21-23-41-43(25-33)48(4)28(2)46-41)13-9-15-37(39)44(36)31-18-16-30(17-19-31)29-10-6-5-7-11-29;1-27-43-36-16-6-8-18-40(36)45(27)38-20-10-14-32-34(38)26-35-33(42(32)31-24-22-30(23-25-31)29-12-4-3-5-13-29)15-11-21-39(35)46-28(2)44-37-17-7-9-19-41(37)46/h1-34H;5-26H,1-4H3;3-26H,1-2H3. The van der Waals surface area contributed by atoms with Gasteiger partial charge in [0.05, 0.1) is 88.9 Å². The van der Waals surface area contributed by atoms with Crippen molar-refractivity contribution in [1.29, 1.82) is 0 Å². The van der Waals surface area contributed by atoms with E-state index in [2.05, 4.69) is 555 Å². The van der Waals surface area contributed by atoms with E-state index in [0.29, 0.717) is 0 Å². The van der Waals surface area contributed by atoms with Crippen LogP contribution in [0.4, 0.5) is 0 Å². The van der Waals surface area contributed by atoms with Gasteiger partial charge in [-0.05, 0) is 275 Å². The lowest BCUT2D eigenvalue weighted by atomic mass is 9.86. The highest BCUT2D eigenvalue weighted by Crippen LogP contribution is 2.50. The van der Waals surface area contributed by atoms with Crippen LogP contribution in [0.15, 0.2) is 485 Å². The third-order valence-electron chi connectivity index (χ3n) is 30.3. The molecule has 150 heavy (non-hydrogen) atoms. The highest BCUT2D eigenvalue weighted by Gasteiger charge is 2.27. The smallest absolute Gasteiger partial charge is 0.145 e. The van der Waals surface area contributed by atoms with Gasteiger partial charge in [0.1, 0.15) is 34.9 Å². The second-order valence-electron chi connectivity index (χ2n) is 38.9. The number of fused-ring (bicyclic) bond motifs is 12. The van der Waals surface area contributed by atoms with Crippen molar-refractivity contribution in [2.45, 2.75) is 27.7 Å². The minimum Gasteiger partial charge on any atom is -0.331 e. The molecule has 0 N–H and O–H groups in total. The maximum atomic E-state index is 5.24. The molecule has 0 saturated carbocycles. The van der Waals surface area contributed by atoms with Crippen molar-refractivity contribution in [2.24, 2.45) is 14.1 Å². The molecule has 0 radical (unpaired) electrons. The molecule has 0 aliphatic carbocycles. The van der Waals surface area contributed by atoms with E-state index in [9.17, 15) is 0 Å². The molecule has 0 bridgehead atoms. The summed E-state index contributed by atoms with van der Waals surface area (Å²) in [4.78, 5) is 29.9. The van der Waals surface area contributed by atoms with Crippen molar-refractivity contribution < 1.29 is 0 Å². The van der Waals surface area contributed by atoms with Crippen molar-refractivity contribution in [3.8, 4) is 135 Å². The summed E-state index contributed by atoms with van der Waals surface area (Å²) in [7, 11) is 4.18. The van der Waals surface area contributed by atoms with Crippen molar-refractivity contribution in [3.05, 3.63) is 509 Å². The predicted molar refractivity (Wildman–Crippen MR) is 625 cm³/mol. The van der Waals surface area contributed by atoms with E-state index < -0.39 is 0 Å². The number of aryl methyl sites for hydroxylation is 6. The first-order valence-electron chi connectivity index (χ1n) is 51.2. The zero-order chi connectivity index (χ0) is 100. The summed E-state index contributed by atoms with van der Waals surface area (Å²) in [5.74, 6) is 5.77. The molecular weight excluding hydrogens is 1830 g/mol. The normalized spacial score (nSPS) is 11.7. The van der Waals surface area contributed by atoms with E-state index in [4.69, 9.17) is 29.9 Å². The summed E-state index contributed by atoms with van der Waals surface area (Å²) in [6.07, 6.45) is 0. The molecule has 710 valence electrons. The van der Waals surface area contributed by atoms with Crippen LogP contribution in [0.3, 0.4) is 0 Å². The monoisotopic (exact) mass is 1920 g/mol. The average molecular weight is 1920 g/mol. The second-order valence-corrected chi connectivity index (χ2v) is 38.9. The molecule has 6 aromatic heterocycles. The third kappa shape index (κ3) is 15.4. The summed E-state index contributed by atoms with van der Waals surface area (Å²) >= 11 is 0. The summed E-state index contributed by atoms with van der Waals surface area (Å²) in [6.45, 7) is 8.31. The Kier molecular flexibility index (Phi) is 22.0. The van der Waals surface area contributed by atoms with Gasteiger partial charge in [0.15, 0.2) is 0 Å². The molecule has 29 aromatic rings. The fraction of sp³-hybridized carbons (Fsp3) is 0.0435. The van der Waals surface area contributed by atoms with E-state index in [1.54, 1.807) is 0 Å². The Morgan fingerprint density at radius 1 is 0.147 bits per heavy atom. The van der Waals surface area contributed by atoms with E-state index >= 15 is 0 Å². The Bertz CT molecular complexity index is 9910. The SMILES string of the molecule is Cc1nc2ccc(-c3cccc4c(-c5ccc(-c6ccccc6)cc5)c5cccc(-c6ccc7nc(C)n(C)c7c6)c5cc34)cc2n1C.Cc1nc2ccccc2n1-c1cccc2c(-c3ccc(-c4ccccc4)cc3)c3cccc(-n4c(C)nc5ccccc54)c3cc12.c1ccc(-c2ccc(-c3c4cccc(-n5c(-c6ccccc6)nc6ccccc65)c4cc4c(-n5c(-c6ccccc6)nc6ccccc65)cccc34)cc2)cc1. The molecule has 29 rings (SSSR count). The number of imidazole rings is 6. The summed E-state index contributed by atoms with van der Waals surface area (Å²) in [6, 6.07) is 174. The first-order valence-corrected chi connectivity index (χ1v) is 51.2. The summed E-state index contributed by atoms with van der Waals surface area (Å²) in [5, 5.41) is 14.3. The maximum absolute atomic E-state index is 5.24. The molecule has 0 unspecified atom stereocenters. The molecule has 12 nitrogen and oxygen atoms in total. The average Bonchev–Trinajstić information content (AvgIpc) is 1.38. The maximum Gasteiger partial charge on any atom is 0.145 e. The number of para-hydroxylation sites is 8. The highest BCUT2D eigenvalue weighted by molar-refractivity contribution is 6.22. The van der Waals surface area contributed by atoms with Crippen LogP contribution in [-0.2, 0) is 14.1 Å². The van der Waals surface area contributed by atoms with Crippen LogP contribution >= 0.6 is 0 Å². The van der Waals surface area contributed by atoms with Crippen molar-refractivity contribution in [1.82, 2.24) is 57.3 Å². The summed E-state index contributed by atoms with van der Waals surface area (Å²) in [5.41, 5.74) is 38.3. The fourth-order valence-electron chi connectivity index (χ4n) is 23.0. The number of rotatable bonds is 14. The Hall–Kier alpha value is -19.6. The fourth-order valence-corrected chi connectivity index (χ4v) is 23.0. The lowest BCUT2D eigenvalue weighted by Gasteiger charge is -2.20. The van der Waals surface area contributed by atoms with E-state index in [1.165, 1.54) is 137 Å². The molecule has 0 aliphatic rings. The number of hydrogen-bond acceptors (Lipinski definition) is 6. The zero-order valence-corrected chi connectivity index (χ0v) is 83.6. The van der Waals surface area contributed by atoms with Gasteiger partial charge in [0, 0.05) is 46.8 Å². The van der Waals surface area contributed by atoms with Crippen LogP contribution in [0, 0.1) is 27.7 Å². The van der Waals surface area contributed by atoms with Crippen molar-refractivity contribution >= 4 is 131 Å². The van der Waals surface area contributed by atoms with Gasteiger partial charge in [0.25, 0.3) is 0 Å². The largest absolute Gasteiger partial charge is 0.331 e. The van der Waals surface area contributed by atoms with Gasteiger partial charge >= 0.3 is 0 Å². The van der Waals surface area contributed by atoms with Crippen molar-refractivity contribution in [3.63, 3.8) is 0 Å². The second kappa shape index (κ2) is 36.9. The zero-order valence-electron chi connectivity index (χ0n) is 83.6. The first kappa shape index (κ1) is 89.3. The molecule has 23 aromatic carbocycles. The molecule has 6 heterocycles. The van der Waals surface area contributed by atoms with E-state index in [1.807, 2.05) is 0 Å². The van der Waals surface area contributed by atoms with E-state index in [-0.39, 0.29) is 0 Å². The minimum absolute atomic E-state index is 0.911. The van der Waals surface area contributed by atoms with Crippen LogP contribution in [0.25, 0.3) is 265 Å². The van der Waals surface area contributed by atoms with Crippen LogP contribution in [0.5, 0.6) is 0 Å². The highest BCUT2D eigenvalue weighted by atomic mass is 15.1. The van der Waals surface area contributed by atoms with Crippen LogP contribution in [0.1, 0.15) is 23.3 Å². The Morgan fingerprint density at radius 2 is 0.373 bits per heavy atom. The molecular formula is C138H98N12. The van der Waals surface area contributed by atoms with Gasteiger partial charge in [-0.25, -0.2) is 29.9 Å². The van der Waals surface area contributed by atoms with Gasteiger partial charge in [-0.15, -0.1) is 0 Å². The van der Waals surface area contributed by atoms with Gasteiger partial charge in [-0.3, -0.25) is 18.3 Å². The predicted octanol–water partition coefficient (Wildman–Crippen LogP) is 35.0. The number of hydrogen-bond donors (Lipinski definition) is 0. The Morgan fingerprint density at radius 3 is 0.693 bits per heavy atom. The van der Waals surface area contributed by atoms with Crippen LogP contribution < -0.4 is 0 Å². The summed E-state index contributed by atoms with van der Waals surface area (Å²) < 4.78 is 13.6. The van der Waals surface area contributed by atoms with Crippen LogP contribution in [-0.4, -0.2) is 57.3 Å². The van der Waals surface area contributed by atoms with Gasteiger partial charge in [-0.1, -0.05) is 370 Å². The Balaban J connectivity index is 0.000000111. The van der Waals surface area contributed by atoms with Gasteiger partial charge in [-0.2, -0.15) is 0 Å². The van der Waals surface area contributed by atoms with Crippen LogP contribution in [0.2, 0.25) is 0 Å². The van der Waals surface area contributed by atoms with Crippen molar-refractivity contribution in [2.75, 3.05) is 0 Å². The topological polar surface area (TPSA) is 107 Å². The minimum atomic E-state index is 0.911. The molecule has 0 aliphatic heterocycles. The van der Waals surface area contributed by atoms with E-state index in [0.717, 1.165) is 151 Å². The number of nitrogens with zero attached hydrogens (tertiary/aromatic N) is 12. The Labute approximate surface area is 867 Å². The van der Waals surface area contributed by atoms with Gasteiger partial charge < -0.3 is 9.13 Å². The lowest BCUT2D eigenvalue weighted by Crippen LogP contribution is -2.01. The molecule has 0 spiro atoms. The molecule has 12 heteroatoms. The lowest BCUT2D eigenvalue weighted by molar-refractivity contribution is 0.886. The third-order valence-corrected chi connectivity index (χ3v) is 30.3. The number of benzene rings is 23. The first-order chi connectivity index (χ1) is 73.9. The quantitative estimate of drug-likeness (QED) is 0.100. The molecule has 0 fully saturated rings. The molecule has 0 atom stereocenters. The molecule has 0 amide bonds. The number of aromatic nitrogens is 12. The molecule has 0 saturated heterocycles.